The molecular weight excluding hydrogens is 354 g/mol. The lowest BCUT2D eigenvalue weighted by Crippen LogP contribution is -2.15. The van der Waals surface area contributed by atoms with Crippen molar-refractivity contribution < 1.29 is 22.7 Å². The molecule has 0 radical (unpaired) electrons. The molecule has 2 N–H and O–H groups in total. The lowest BCUT2D eigenvalue weighted by molar-refractivity contribution is 0.0998. The summed E-state index contributed by atoms with van der Waals surface area (Å²) in [6.45, 7) is -0.223. The van der Waals surface area contributed by atoms with E-state index in [9.17, 15) is 13.2 Å². The van der Waals surface area contributed by atoms with Crippen molar-refractivity contribution >= 4 is 28.0 Å². The van der Waals surface area contributed by atoms with Gasteiger partial charge in [-0.1, -0.05) is 18.2 Å². The normalized spacial score (nSPS) is 10.6. The quantitative estimate of drug-likeness (QED) is 0.783. The number of carbonyl (C=O) groups is 1. The molecule has 0 aliphatic carbocycles. The van der Waals surface area contributed by atoms with Crippen LogP contribution in [0.4, 0.5) is 0 Å². The molecule has 0 saturated carbocycles. The predicted octanol–water partition coefficient (Wildman–Crippen LogP) is 2.45. The Kier molecular flexibility index (Phi) is 6.77. The molecular formula is C16H18ClNO5S. The summed E-state index contributed by atoms with van der Waals surface area (Å²) in [7, 11) is -2.23. The van der Waals surface area contributed by atoms with E-state index in [2.05, 4.69) is 0 Å². The summed E-state index contributed by atoms with van der Waals surface area (Å²) in [5.74, 6) is 0.270. The van der Waals surface area contributed by atoms with Crippen molar-refractivity contribution in [3.8, 4) is 17.2 Å². The molecule has 0 aromatic heterocycles. The second kappa shape index (κ2) is 8.14. The van der Waals surface area contributed by atoms with Crippen molar-refractivity contribution in [3.05, 3.63) is 48.0 Å². The molecule has 0 unspecified atom stereocenters. The maximum absolute atomic E-state index is 12.0. The van der Waals surface area contributed by atoms with Gasteiger partial charge in [0.05, 0.1) is 19.2 Å². The van der Waals surface area contributed by atoms with E-state index >= 15 is 0 Å². The zero-order valence-electron chi connectivity index (χ0n) is 13.2. The molecule has 2 aromatic carbocycles. The standard InChI is InChI=1S/C16H17NO5S.ClH/c1-21-14-9-16(23(2,19)20)15(8-12(14)13(18)10-17)22-11-6-4-3-5-7-11;/h3-9H,10,17H2,1-2H3;1H. The zero-order chi connectivity index (χ0) is 17.0. The van der Waals surface area contributed by atoms with E-state index < -0.39 is 9.84 Å². The van der Waals surface area contributed by atoms with Crippen LogP contribution in [0.1, 0.15) is 10.4 Å². The third-order valence-electron chi connectivity index (χ3n) is 3.12. The molecule has 24 heavy (non-hydrogen) atoms. The number of sulfone groups is 1. The third-order valence-corrected chi connectivity index (χ3v) is 4.24. The summed E-state index contributed by atoms with van der Waals surface area (Å²) >= 11 is 0. The second-order valence-electron chi connectivity index (χ2n) is 4.81. The lowest BCUT2D eigenvalue weighted by Gasteiger charge is -2.14. The Morgan fingerprint density at radius 2 is 1.75 bits per heavy atom. The fraction of sp³-hybridized carbons (Fsp3) is 0.188. The van der Waals surface area contributed by atoms with Crippen molar-refractivity contribution in [1.82, 2.24) is 0 Å². The molecule has 0 fully saturated rings. The number of methoxy groups -OCH3 is 1. The van der Waals surface area contributed by atoms with Gasteiger partial charge in [-0.3, -0.25) is 4.79 Å². The van der Waals surface area contributed by atoms with Crippen LogP contribution in [0, 0.1) is 0 Å². The van der Waals surface area contributed by atoms with Gasteiger partial charge in [-0.05, 0) is 18.2 Å². The van der Waals surface area contributed by atoms with Gasteiger partial charge >= 0.3 is 0 Å². The third kappa shape index (κ3) is 4.47. The number of para-hydroxylation sites is 1. The summed E-state index contributed by atoms with van der Waals surface area (Å²) in [4.78, 5) is 11.9. The van der Waals surface area contributed by atoms with Crippen LogP contribution in [0.5, 0.6) is 17.2 Å². The van der Waals surface area contributed by atoms with Crippen LogP contribution in [0.2, 0.25) is 0 Å². The molecule has 2 rings (SSSR count). The van der Waals surface area contributed by atoms with Crippen molar-refractivity contribution in [1.29, 1.82) is 0 Å². The second-order valence-corrected chi connectivity index (χ2v) is 6.80. The van der Waals surface area contributed by atoms with E-state index in [4.69, 9.17) is 15.2 Å². The molecule has 2 aromatic rings. The maximum atomic E-state index is 12.0. The monoisotopic (exact) mass is 371 g/mol. The summed E-state index contributed by atoms with van der Waals surface area (Å²) in [5, 5.41) is 0. The number of Topliss-reactive ketones (excluding diaryl/α,β-unsaturated/α-hetero) is 1. The molecule has 0 bridgehead atoms. The van der Waals surface area contributed by atoms with Crippen LogP contribution in [0.15, 0.2) is 47.4 Å². The molecule has 6 nitrogen and oxygen atoms in total. The van der Waals surface area contributed by atoms with Crippen LogP contribution in [0.3, 0.4) is 0 Å². The minimum absolute atomic E-state index is 0. The van der Waals surface area contributed by atoms with Gasteiger partial charge in [0.1, 0.15) is 22.1 Å². The van der Waals surface area contributed by atoms with Gasteiger partial charge in [-0.2, -0.15) is 0 Å². The largest absolute Gasteiger partial charge is 0.496 e. The molecule has 8 heteroatoms. The molecule has 0 heterocycles. The van der Waals surface area contributed by atoms with E-state index in [-0.39, 0.29) is 46.7 Å². The van der Waals surface area contributed by atoms with E-state index in [1.807, 2.05) is 6.07 Å². The summed E-state index contributed by atoms with van der Waals surface area (Å²) in [5.41, 5.74) is 5.56. The molecule has 0 aliphatic heterocycles. The number of ether oxygens (including phenoxy) is 2. The first-order valence-electron chi connectivity index (χ1n) is 6.75. The Labute approximate surface area is 146 Å². The minimum Gasteiger partial charge on any atom is -0.496 e. The van der Waals surface area contributed by atoms with E-state index in [0.717, 1.165) is 6.26 Å². The lowest BCUT2D eigenvalue weighted by atomic mass is 10.1. The molecule has 130 valence electrons. The van der Waals surface area contributed by atoms with Gasteiger partial charge in [-0.25, -0.2) is 8.42 Å². The Morgan fingerprint density at radius 1 is 1.12 bits per heavy atom. The van der Waals surface area contributed by atoms with Crippen molar-refractivity contribution in [2.45, 2.75) is 4.90 Å². The average molecular weight is 372 g/mol. The van der Waals surface area contributed by atoms with Crippen LogP contribution in [0.25, 0.3) is 0 Å². The SMILES string of the molecule is COc1cc(S(C)(=O)=O)c(Oc2ccccc2)cc1C(=O)CN.Cl. The van der Waals surface area contributed by atoms with Gasteiger partial charge in [0, 0.05) is 12.3 Å². The van der Waals surface area contributed by atoms with Crippen LogP contribution < -0.4 is 15.2 Å². The van der Waals surface area contributed by atoms with Gasteiger partial charge < -0.3 is 15.2 Å². The van der Waals surface area contributed by atoms with E-state index in [1.54, 1.807) is 24.3 Å². The maximum Gasteiger partial charge on any atom is 0.180 e. The highest BCUT2D eigenvalue weighted by Crippen LogP contribution is 2.35. The minimum atomic E-state index is -3.58. The smallest absolute Gasteiger partial charge is 0.180 e. The van der Waals surface area contributed by atoms with Crippen molar-refractivity contribution in [3.63, 3.8) is 0 Å². The Balaban J connectivity index is 0.00000288. The number of benzene rings is 2. The fourth-order valence-corrected chi connectivity index (χ4v) is 2.81. The molecule has 0 aliphatic rings. The Bertz CT molecular complexity index is 822. The fourth-order valence-electron chi connectivity index (χ4n) is 2.02. The number of halogens is 1. The summed E-state index contributed by atoms with van der Waals surface area (Å²) < 4.78 is 34.8. The van der Waals surface area contributed by atoms with Crippen molar-refractivity contribution in [2.75, 3.05) is 19.9 Å². The average Bonchev–Trinajstić information content (AvgIpc) is 2.53. The number of rotatable bonds is 6. The highest BCUT2D eigenvalue weighted by atomic mass is 35.5. The number of carbonyl (C=O) groups excluding carboxylic acids is 1. The highest BCUT2D eigenvalue weighted by molar-refractivity contribution is 7.90. The number of nitrogens with two attached hydrogens (primary N) is 1. The number of ketones is 1. The van der Waals surface area contributed by atoms with Crippen LogP contribution in [-0.2, 0) is 9.84 Å². The first-order valence-corrected chi connectivity index (χ1v) is 8.64. The number of hydrogen-bond acceptors (Lipinski definition) is 6. The van der Waals surface area contributed by atoms with Crippen LogP contribution in [-0.4, -0.2) is 34.1 Å². The molecule has 0 amide bonds. The predicted molar refractivity (Wildman–Crippen MR) is 93.3 cm³/mol. The molecule has 0 spiro atoms. The Morgan fingerprint density at radius 3 is 2.25 bits per heavy atom. The van der Waals surface area contributed by atoms with E-state index in [0.29, 0.717) is 5.75 Å². The topological polar surface area (TPSA) is 95.7 Å². The zero-order valence-corrected chi connectivity index (χ0v) is 14.8. The van der Waals surface area contributed by atoms with Crippen molar-refractivity contribution in [2.24, 2.45) is 5.73 Å². The van der Waals surface area contributed by atoms with Gasteiger partial charge in [0.25, 0.3) is 0 Å². The van der Waals surface area contributed by atoms with E-state index in [1.165, 1.54) is 19.2 Å². The van der Waals surface area contributed by atoms with Crippen LogP contribution >= 0.6 is 12.4 Å². The first kappa shape index (κ1) is 20.0. The first-order chi connectivity index (χ1) is 10.9. The van der Waals surface area contributed by atoms with Gasteiger partial charge in [0.15, 0.2) is 15.6 Å². The van der Waals surface area contributed by atoms with Gasteiger partial charge in [-0.15, -0.1) is 12.4 Å². The summed E-state index contributed by atoms with van der Waals surface area (Å²) in [6, 6.07) is 11.3. The summed E-state index contributed by atoms with van der Waals surface area (Å²) in [6.07, 6.45) is 1.06. The van der Waals surface area contributed by atoms with Gasteiger partial charge in [0.2, 0.25) is 0 Å². The molecule has 0 saturated heterocycles. The highest BCUT2D eigenvalue weighted by Gasteiger charge is 2.22. The molecule has 0 atom stereocenters. The number of hydrogen-bond donors (Lipinski definition) is 1. The Hall–Kier alpha value is -2.09.